The van der Waals surface area contributed by atoms with Crippen molar-refractivity contribution in [3.05, 3.63) is 52.6 Å². The molecule has 0 saturated heterocycles. The zero-order valence-corrected chi connectivity index (χ0v) is 16.8. The van der Waals surface area contributed by atoms with Crippen LogP contribution in [-0.4, -0.2) is 32.2 Å². The van der Waals surface area contributed by atoms with Gasteiger partial charge in [-0.25, -0.2) is 10.1 Å². The molecule has 31 heavy (non-hydrogen) atoms. The van der Waals surface area contributed by atoms with E-state index in [1.807, 2.05) is 24.3 Å². The van der Waals surface area contributed by atoms with Crippen LogP contribution in [0.5, 0.6) is 0 Å². The maximum Gasteiger partial charge on any atom is 0.275 e. The Hall–Kier alpha value is -3.90. The lowest BCUT2D eigenvalue weighted by Gasteiger charge is -2.30. The van der Waals surface area contributed by atoms with Crippen molar-refractivity contribution in [2.24, 2.45) is 5.73 Å². The number of nitriles is 1. The molecule has 3 heterocycles. The number of H-pyrrole nitrogens is 2. The van der Waals surface area contributed by atoms with Crippen molar-refractivity contribution >= 4 is 39.0 Å². The Kier molecular flexibility index (Phi) is 4.76. The van der Waals surface area contributed by atoms with Gasteiger partial charge in [0.25, 0.3) is 5.56 Å². The molecule has 0 spiro atoms. The number of aromatic nitrogens is 4. The van der Waals surface area contributed by atoms with E-state index in [9.17, 15) is 10.1 Å². The molecule has 9 nitrogen and oxygen atoms in total. The minimum atomic E-state index is -0.329. The molecule has 2 atom stereocenters. The van der Waals surface area contributed by atoms with Gasteiger partial charge >= 0.3 is 0 Å². The van der Waals surface area contributed by atoms with Crippen molar-refractivity contribution in [1.82, 2.24) is 20.2 Å². The molecule has 1 fully saturated rings. The molecule has 2 unspecified atom stereocenters. The zero-order valence-electron chi connectivity index (χ0n) is 16.8. The van der Waals surface area contributed by atoms with Gasteiger partial charge in [0.2, 0.25) is 0 Å². The predicted octanol–water partition coefficient (Wildman–Crippen LogP) is 3.10. The summed E-state index contributed by atoms with van der Waals surface area (Å²) in [7, 11) is 0. The number of nitrogens with one attached hydrogen (secondary N) is 4. The molecule has 4 aromatic rings. The predicted molar refractivity (Wildman–Crippen MR) is 120 cm³/mol. The first-order valence-corrected chi connectivity index (χ1v) is 10.3. The minimum Gasteiger partial charge on any atom is -0.366 e. The van der Waals surface area contributed by atoms with Crippen LogP contribution in [0.1, 0.15) is 31.2 Å². The maximum atomic E-state index is 12.6. The topological polar surface area (TPSA) is 148 Å². The second-order valence-electron chi connectivity index (χ2n) is 7.89. The van der Waals surface area contributed by atoms with Crippen molar-refractivity contribution in [2.75, 3.05) is 10.6 Å². The van der Waals surface area contributed by atoms with E-state index >= 15 is 0 Å². The molecule has 6 N–H and O–H groups in total. The van der Waals surface area contributed by atoms with Gasteiger partial charge in [-0.2, -0.15) is 10.4 Å². The molecule has 0 amide bonds. The first-order chi connectivity index (χ1) is 15.1. The quantitative estimate of drug-likeness (QED) is 0.344. The summed E-state index contributed by atoms with van der Waals surface area (Å²) in [6.45, 7) is 0. The van der Waals surface area contributed by atoms with Crippen LogP contribution in [0.4, 0.5) is 17.3 Å². The zero-order chi connectivity index (χ0) is 21.4. The van der Waals surface area contributed by atoms with Crippen LogP contribution in [0.15, 0.2) is 41.5 Å². The van der Waals surface area contributed by atoms with Gasteiger partial charge < -0.3 is 21.4 Å². The molecule has 1 aliphatic carbocycles. The van der Waals surface area contributed by atoms with Crippen molar-refractivity contribution in [3.63, 3.8) is 0 Å². The lowest BCUT2D eigenvalue weighted by molar-refractivity contribution is 0.403. The average molecular weight is 414 g/mol. The normalized spacial score (nSPS) is 18.7. The number of pyridine rings is 1. The molecule has 5 rings (SSSR count). The molecule has 156 valence electrons. The van der Waals surface area contributed by atoms with E-state index in [4.69, 9.17) is 10.7 Å². The van der Waals surface area contributed by atoms with Gasteiger partial charge in [0.15, 0.2) is 0 Å². The van der Waals surface area contributed by atoms with Crippen LogP contribution in [0.2, 0.25) is 0 Å². The highest BCUT2D eigenvalue weighted by atomic mass is 16.1. The lowest BCUT2D eigenvalue weighted by Crippen LogP contribution is -2.42. The van der Waals surface area contributed by atoms with E-state index < -0.39 is 0 Å². The number of nitrogens with zero attached hydrogens (tertiary/aromatic N) is 3. The molecule has 1 saturated carbocycles. The van der Waals surface area contributed by atoms with Gasteiger partial charge in [0.1, 0.15) is 17.7 Å². The highest BCUT2D eigenvalue weighted by molar-refractivity contribution is 6.00. The van der Waals surface area contributed by atoms with Gasteiger partial charge in [-0.1, -0.05) is 25.0 Å². The van der Waals surface area contributed by atoms with E-state index in [1.165, 1.54) is 0 Å². The Morgan fingerprint density at radius 3 is 2.97 bits per heavy atom. The van der Waals surface area contributed by atoms with Crippen LogP contribution >= 0.6 is 0 Å². The van der Waals surface area contributed by atoms with Gasteiger partial charge in [-0.15, -0.1) is 0 Å². The standard InChI is InChI=1S/C22H22N8O/c23-9-13-10-25-20-14(13)4-3-7-17(20)28-21-19-12(11-26-30-22(19)31)8-18(29-21)27-16-6-2-1-5-15(16)24/h3-4,7-8,10-11,15-16,25H,1-2,5-6,24H2,(H,30,31)(H2,27,28,29). The Bertz CT molecular complexity index is 1370. The summed E-state index contributed by atoms with van der Waals surface area (Å²) in [5.41, 5.74) is 8.01. The third kappa shape index (κ3) is 3.47. The number of para-hydroxylation sites is 1. The number of anilines is 3. The van der Waals surface area contributed by atoms with Crippen LogP contribution in [0.25, 0.3) is 21.7 Å². The first-order valence-electron chi connectivity index (χ1n) is 10.3. The van der Waals surface area contributed by atoms with Crippen LogP contribution in [-0.2, 0) is 0 Å². The van der Waals surface area contributed by atoms with Crippen molar-refractivity contribution in [2.45, 2.75) is 37.8 Å². The summed E-state index contributed by atoms with van der Waals surface area (Å²) >= 11 is 0. The minimum absolute atomic E-state index is 0.0667. The number of nitrogens with two attached hydrogens (primary N) is 1. The summed E-state index contributed by atoms with van der Waals surface area (Å²) in [5, 5.41) is 24.4. The van der Waals surface area contributed by atoms with Gasteiger partial charge in [0.05, 0.1) is 28.4 Å². The van der Waals surface area contributed by atoms with Crippen molar-refractivity contribution in [1.29, 1.82) is 5.26 Å². The summed E-state index contributed by atoms with van der Waals surface area (Å²) < 4.78 is 0. The number of hydrogen-bond donors (Lipinski definition) is 5. The van der Waals surface area contributed by atoms with E-state index in [0.29, 0.717) is 28.0 Å². The molecule has 1 aliphatic rings. The van der Waals surface area contributed by atoms with E-state index in [0.717, 1.165) is 42.3 Å². The SMILES string of the molecule is N#Cc1c[nH]c2c(Nc3nc(NC4CCCCC4N)cc4cn[nH]c(=O)c34)cccc12. The van der Waals surface area contributed by atoms with E-state index in [2.05, 4.69) is 31.9 Å². The lowest BCUT2D eigenvalue weighted by atomic mass is 9.91. The maximum absolute atomic E-state index is 12.6. The Labute approximate surface area is 177 Å². The second kappa shape index (κ2) is 7.74. The summed E-state index contributed by atoms with van der Waals surface area (Å²) in [6.07, 6.45) is 7.51. The molecular formula is C22H22N8O. The fourth-order valence-electron chi connectivity index (χ4n) is 4.29. The molecule has 0 aliphatic heterocycles. The van der Waals surface area contributed by atoms with Gasteiger partial charge in [0, 0.05) is 29.1 Å². The third-order valence-electron chi connectivity index (χ3n) is 5.89. The van der Waals surface area contributed by atoms with Crippen LogP contribution in [0, 0.1) is 11.3 Å². The molecule has 0 radical (unpaired) electrons. The highest BCUT2D eigenvalue weighted by Gasteiger charge is 2.22. The highest BCUT2D eigenvalue weighted by Crippen LogP contribution is 2.30. The Morgan fingerprint density at radius 1 is 1.26 bits per heavy atom. The number of hydrogen-bond acceptors (Lipinski definition) is 7. The second-order valence-corrected chi connectivity index (χ2v) is 7.89. The van der Waals surface area contributed by atoms with E-state index in [-0.39, 0.29) is 17.6 Å². The van der Waals surface area contributed by atoms with Crippen molar-refractivity contribution in [3.8, 4) is 6.07 Å². The summed E-state index contributed by atoms with van der Waals surface area (Å²) in [6, 6.07) is 9.81. The molecule has 0 bridgehead atoms. The van der Waals surface area contributed by atoms with Gasteiger partial charge in [-0.05, 0) is 25.0 Å². The number of rotatable bonds is 4. The smallest absolute Gasteiger partial charge is 0.275 e. The van der Waals surface area contributed by atoms with Gasteiger partial charge in [-0.3, -0.25) is 4.79 Å². The molecular weight excluding hydrogens is 392 g/mol. The largest absolute Gasteiger partial charge is 0.366 e. The first kappa shape index (κ1) is 19.1. The summed E-state index contributed by atoms with van der Waals surface area (Å²) in [5.74, 6) is 1.05. The number of aromatic amines is 2. The van der Waals surface area contributed by atoms with Crippen LogP contribution < -0.4 is 21.9 Å². The number of fused-ring (bicyclic) bond motifs is 2. The van der Waals surface area contributed by atoms with Crippen LogP contribution in [0.3, 0.4) is 0 Å². The van der Waals surface area contributed by atoms with Crippen molar-refractivity contribution < 1.29 is 0 Å². The Morgan fingerprint density at radius 2 is 2.13 bits per heavy atom. The Balaban J connectivity index is 1.60. The third-order valence-corrected chi connectivity index (χ3v) is 5.89. The fourth-order valence-corrected chi connectivity index (χ4v) is 4.29. The fraction of sp³-hybridized carbons (Fsp3) is 0.273. The van der Waals surface area contributed by atoms with E-state index in [1.54, 1.807) is 12.4 Å². The monoisotopic (exact) mass is 414 g/mol. The average Bonchev–Trinajstić information content (AvgIpc) is 3.20. The molecule has 1 aromatic carbocycles. The molecule has 3 aromatic heterocycles. The number of benzene rings is 1. The molecule has 9 heteroatoms. The summed E-state index contributed by atoms with van der Waals surface area (Å²) in [4.78, 5) is 20.4.